The molecule has 104 valence electrons. The number of morpholine rings is 1. The van der Waals surface area contributed by atoms with Crippen molar-refractivity contribution in [3.05, 3.63) is 0 Å². The Balaban J connectivity index is 1.93. The number of hydrogen-bond acceptors (Lipinski definition) is 4. The fourth-order valence-electron chi connectivity index (χ4n) is 2.65. The molecule has 1 atom stereocenters. The van der Waals surface area contributed by atoms with Crippen LogP contribution in [0.25, 0.3) is 0 Å². The second-order valence-corrected chi connectivity index (χ2v) is 5.16. The zero-order valence-electron chi connectivity index (χ0n) is 11.5. The summed E-state index contributed by atoms with van der Waals surface area (Å²) in [6.45, 7) is 10.1. The SMILES string of the molecule is CCCN(C1CNC1)C(C)C(=O)N1CCOCC1. The van der Waals surface area contributed by atoms with Crippen LogP contribution >= 0.6 is 0 Å². The van der Waals surface area contributed by atoms with E-state index in [4.69, 9.17) is 4.74 Å². The summed E-state index contributed by atoms with van der Waals surface area (Å²) in [5, 5.41) is 3.29. The molecule has 0 spiro atoms. The number of hydrogen-bond donors (Lipinski definition) is 1. The molecular weight excluding hydrogens is 230 g/mol. The van der Waals surface area contributed by atoms with Gasteiger partial charge in [0.25, 0.3) is 0 Å². The molecule has 0 saturated carbocycles. The zero-order valence-corrected chi connectivity index (χ0v) is 11.5. The third-order valence-electron chi connectivity index (χ3n) is 3.89. The maximum absolute atomic E-state index is 12.5. The largest absolute Gasteiger partial charge is 0.378 e. The molecule has 2 saturated heterocycles. The van der Waals surface area contributed by atoms with Gasteiger partial charge in [-0.25, -0.2) is 0 Å². The number of rotatable bonds is 5. The summed E-state index contributed by atoms with van der Waals surface area (Å²) in [7, 11) is 0. The lowest BCUT2D eigenvalue weighted by atomic mass is 10.1. The lowest BCUT2D eigenvalue weighted by Gasteiger charge is -2.42. The Morgan fingerprint density at radius 3 is 2.61 bits per heavy atom. The van der Waals surface area contributed by atoms with E-state index in [1.165, 1.54) is 0 Å². The van der Waals surface area contributed by atoms with Crippen LogP contribution in [0.3, 0.4) is 0 Å². The van der Waals surface area contributed by atoms with Gasteiger partial charge in [-0.3, -0.25) is 9.69 Å². The third-order valence-corrected chi connectivity index (χ3v) is 3.89. The molecule has 2 fully saturated rings. The van der Waals surface area contributed by atoms with Crippen molar-refractivity contribution >= 4 is 5.91 Å². The van der Waals surface area contributed by atoms with Gasteiger partial charge in [0, 0.05) is 32.2 Å². The van der Waals surface area contributed by atoms with E-state index in [0.29, 0.717) is 19.3 Å². The summed E-state index contributed by atoms with van der Waals surface area (Å²) in [6, 6.07) is 0.528. The molecule has 1 amide bonds. The number of nitrogens with one attached hydrogen (secondary N) is 1. The Morgan fingerprint density at radius 1 is 1.44 bits per heavy atom. The van der Waals surface area contributed by atoms with E-state index < -0.39 is 0 Å². The van der Waals surface area contributed by atoms with Gasteiger partial charge < -0.3 is 15.0 Å². The summed E-state index contributed by atoms with van der Waals surface area (Å²) in [5.41, 5.74) is 0. The predicted octanol–water partition coefficient (Wildman–Crippen LogP) is -0.0825. The molecule has 2 heterocycles. The average Bonchev–Trinajstić information content (AvgIpc) is 2.35. The Kier molecular flexibility index (Phi) is 4.97. The van der Waals surface area contributed by atoms with Crippen LogP contribution < -0.4 is 5.32 Å². The maximum Gasteiger partial charge on any atom is 0.239 e. The number of amides is 1. The molecule has 0 aromatic carbocycles. The van der Waals surface area contributed by atoms with Crippen LogP contribution in [0.2, 0.25) is 0 Å². The molecule has 5 heteroatoms. The number of carbonyl (C=O) groups is 1. The van der Waals surface area contributed by atoms with Crippen molar-refractivity contribution in [3.63, 3.8) is 0 Å². The summed E-state index contributed by atoms with van der Waals surface area (Å²) < 4.78 is 5.30. The monoisotopic (exact) mass is 255 g/mol. The first kappa shape index (κ1) is 13.8. The fraction of sp³-hybridized carbons (Fsp3) is 0.923. The van der Waals surface area contributed by atoms with Gasteiger partial charge in [0.1, 0.15) is 0 Å². The van der Waals surface area contributed by atoms with E-state index in [0.717, 1.165) is 39.1 Å². The van der Waals surface area contributed by atoms with Gasteiger partial charge in [-0.05, 0) is 19.9 Å². The highest BCUT2D eigenvalue weighted by Crippen LogP contribution is 2.13. The van der Waals surface area contributed by atoms with Gasteiger partial charge in [0.2, 0.25) is 5.91 Å². The number of carbonyl (C=O) groups excluding carboxylic acids is 1. The fourth-order valence-corrected chi connectivity index (χ4v) is 2.65. The standard InChI is InChI=1S/C13H25N3O2/c1-3-4-16(12-9-14-10-12)11(2)13(17)15-5-7-18-8-6-15/h11-12,14H,3-10H2,1-2H3. The van der Waals surface area contributed by atoms with Gasteiger partial charge in [-0.2, -0.15) is 0 Å². The Hall–Kier alpha value is -0.650. The summed E-state index contributed by atoms with van der Waals surface area (Å²) in [6.07, 6.45) is 1.09. The van der Waals surface area contributed by atoms with Gasteiger partial charge in [0.15, 0.2) is 0 Å². The first-order valence-corrected chi connectivity index (χ1v) is 7.07. The smallest absolute Gasteiger partial charge is 0.239 e. The Labute approximate surface area is 109 Å². The predicted molar refractivity (Wildman–Crippen MR) is 70.5 cm³/mol. The lowest BCUT2D eigenvalue weighted by Crippen LogP contribution is -2.62. The van der Waals surface area contributed by atoms with Crippen LogP contribution in [0, 0.1) is 0 Å². The highest BCUT2D eigenvalue weighted by Gasteiger charge is 2.33. The second-order valence-electron chi connectivity index (χ2n) is 5.16. The quantitative estimate of drug-likeness (QED) is 0.746. The highest BCUT2D eigenvalue weighted by molar-refractivity contribution is 5.81. The van der Waals surface area contributed by atoms with E-state index in [1.807, 2.05) is 11.8 Å². The van der Waals surface area contributed by atoms with Crippen LogP contribution in [0.4, 0.5) is 0 Å². The molecule has 0 bridgehead atoms. The van der Waals surface area contributed by atoms with E-state index >= 15 is 0 Å². The van der Waals surface area contributed by atoms with Crippen molar-refractivity contribution in [3.8, 4) is 0 Å². The van der Waals surface area contributed by atoms with E-state index in [1.54, 1.807) is 0 Å². The minimum Gasteiger partial charge on any atom is -0.378 e. The van der Waals surface area contributed by atoms with Crippen molar-refractivity contribution in [1.82, 2.24) is 15.1 Å². The van der Waals surface area contributed by atoms with Crippen molar-refractivity contribution in [1.29, 1.82) is 0 Å². The van der Waals surface area contributed by atoms with Gasteiger partial charge >= 0.3 is 0 Å². The van der Waals surface area contributed by atoms with Gasteiger partial charge in [-0.15, -0.1) is 0 Å². The molecule has 0 aliphatic carbocycles. The van der Waals surface area contributed by atoms with Crippen LogP contribution in [0.1, 0.15) is 20.3 Å². The Morgan fingerprint density at radius 2 is 2.11 bits per heavy atom. The summed E-state index contributed by atoms with van der Waals surface area (Å²) in [5.74, 6) is 0.263. The van der Waals surface area contributed by atoms with Crippen molar-refractivity contribution in [2.75, 3.05) is 45.9 Å². The first-order valence-electron chi connectivity index (χ1n) is 7.07. The maximum atomic E-state index is 12.5. The summed E-state index contributed by atoms with van der Waals surface area (Å²) >= 11 is 0. The number of nitrogens with zero attached hydrogens (tertiary/aromatic N) is 2. The molecule has 0 aromatic rings. The van der Waals surface area contributed by atoms with E-state index in [2.05, 4.69) is 17.1 Å². The van der Waals surface area contributed by atoms with Crippen molar-refractivity contribution < 1.29 is 9.53 Å². The molecule has 0 aromatic heterocycles. The van der Waals surface area contributed by atoms with Crippen LogP contribution in [-0.2, 0) is 9.53 Å². The average molecular weight is 255 g/mol. The normalized spacial score (nSPS) is 22.9. The van der Waals surface area contributed by atoms with Crippen LogP contribution in [0.5, 0.6) is 0 Å². The molecule has 0 radical (unpaired) electrons. The molecule has 18 heavy (non-hydrogen) atoms. The lowest BCUT2D eigenvalue weighted by molar-refractivity contribution is -0.141. The zero-order chi connectivity index (χ0) is 13.0. The van der Waals surface area contributed by atoms with Gasteiger partial charge in [0.05, 0.1) is 19.3 Å². The second kappa shape index (κ2) is 6.50. The Bertz CT molecular complexity index is 275. The topological polar surface area (TPSA) is 44.8 Å². The number of ether oxygens (including phenoxy) is 1. The first-order chi connectivity index (χ1) is 8.74. The van der Waals surface area contributed by atoms with Crippen molar-refractivity contribution in [2.45, 2.75) is 32.4 Å². The molecule has 1 N–H and O–H groups in total. The van der Waals surface area contributed by atoms with E-state index in [-0.39, 0.29) is 11.9 Å². The molecule has 5 nitrogen and oxygen atoms in total. The highest BCUT2D eigenvalue weighted by atomic mass is 16.5. The molecular formula is C13H25N3O2. The van der Waals surface area contributed by atoms with Gasteiger partial charge in [-0.1, -0.05) is 6.92 Å². The van der Waals surface area contributed by atoms with Crippen LogP contribution in [0.15, 0.2) is 0 Å². The molecule has 2 aliphatic rings. The molecule has 1 unspecified atom stereocenters. The molecule has 2 aliphatic heterocycles. The summed E-state index contributed by atoms with van der Waals surface area (Å²) in [4.78, 5) is 16.8. The molecule has 2 rings (SSSR count). The third kappa shape index (κ3) is 3.02. The van der Waals surface area contributed by atoms with E-state index in [9.17, 15) is 4.79 Å². The van der Waals surface area contributed by atoms with Crippen LogP contribution in [-0.4, -0.2) is 73.7 Å². The minimum atomic E-state index is -0.00449. The minimum absolute atomic E-state index is 0.00449. The van der Waals surface area contributed by atoms with Crippen molar-refractivity contribution in [2.24, 2.45) is 0 Å².